The van der Waals surface area contributed by atoms with Gasteiger partial charge in [-0.15, -0.1) is 0 Å². The number of esters is 1. The number of hydrogen-bond acceptors (Lipinski definition) is 6. The molecule has 1 aromatic heterocycles. The van der Waals surface area contributed by atoms with Gasteiger partial charge in [0.1, 0.15) is 6.61 Å². The van der Waals surface area contributed by atoms with E-state index >= 15 is 0 Å². The molecule has 0 aliphatic rings. The zero-order chi connectivity index (χ0) is 24.2. The van der Waals surface area contributed by atoms with Crippen molar-refractivity contribution < 1.29 is 23.4 Å². The van der Waals surface area contributed by atoms with E-state index in [2.05, 4.69) is 32.9 Å². The molecule has 0 bridgehead atoms. The molecule has 6 nitrogen and oxygen atoms in total. The van der Waals surface area contributed by atoms with Crippen molar-refractivity contribution in [2.45, 2.75) is 60.3 Å². The van der Waals surface area contributed by atoms with Crippen molar-refractivity contribution in [1.82, 2.24) is 0 Å². The Morgan fingerprint density at radius 3 is 2.48 bits per heavy atom. The number of carbonyl (C=O) groups excluding carboxylic acids is 1. The summed E-state index contributed by atoms with van der Waals surface area (Å²) in [4.78, 5) is 24.2. The minimum absolute atomic E-state index is 0.168. The molecule has 0 unspecified atom stereocenters. The molecule has 0 aliphatic carbocycles. The van der Waals surface area contributed by atoms with Crippen LogP contribution in [0.1, 0.15) is 60.3 Å². The SMILES string of the molecule is CC/C=C/CCOc1cccc2c(OC/C=C(\C)CCC=C(C)C)c(OC(C)=O)c(=O)oc12. The molecule has 0 saturated heterocycles. The molecule has 2 aromatic rings. The van der Waals surface area contributed by atoms with Crippen LogP contribution in [0, 0.1) is 0 Å². The van der Waals surface area contributed by atoms with Gasteiger partial charge in [0.05, 0.1) is 12.0 Å². The first-order valence-electron chi connectivity index (χ1n) is 11.3. The van der Waals surface area contributed by atoms with Crippen molar-refractivity contribution >= 4 is 16.9 Å². The van der Waals surface area contributed by atoms with Crippen LogP contribution in [-0.2, 0) is 4.79 Å². The van der Waals surface area contributed by atoms with E-state index in [-0.39, 0.29) is 23.7 Å². The van der Waals surface area contributed by atoms with Gasteiger partial charge in [-0.3, -0.25) is 4.79 Å². The predicted molar refractivity (Wildman–Crippen MR) is 131 cm³/mol. The summed E-state index contributed by atoms with van der Waals surface area (Å²) in [6.07, 6.45) is 11.8. The van der Waals surface area contributed by atoms with E-state index in [1.165, 1.54) is 12.5 Å². The molecule has 0 aliphatic heterocycles. The third-order valence-electron chi connectivity index (χ3n) is 4.75. The highest BCUT2D eigenvalue weighted by Gasteiger charge is 2.21. The largest absolute Gasteiger partial charge is 0.489 e. The lowest BCUT2D eigenvalue weighted by molar-refractivity contribution is -0.132. The molecule has 1 aromatic carbocycles. The number of hydrogen-bond donors (Lipinski definition) is 0. The third kappa shape index (κ3) is 8.29. The molecule has 0 spiro atoms. The van der Waals surface area contributed by atoms with E-state index in [9.17, 15) is 9.59 Å². The number of benzene rings is 1. The van der Waals surface area contributed by atoms with Crippen LogP contribution in [0.5, 0.6) is 17.2 Å². The molecular weight excluding hydrogens is 420 g/mol. The molecule has 178 valence electrons. The Hall–Kier alpha value is -3.28. The van der Waals surface area contributed by atoms with Gasteiger partial charge in [-0.2, -0.15) is 0 Å². The molecule has 2 rings (SSSR count). The summed E-state index contributed by atoms with van der Waals surface area (Å²) in [6, 6.07) is 5.26. The van der Waals surface area contributed by atoms with Gasteiger partial charge < -0.3 is 18.6 Å². The molecular formula is C27H34O6. The number of fused-ring (bicyclic) bond motifs is 1. The first kappa shape index (κ1) is 26.0. The molecule has 0 radical (unpaired) electrons. The Labute approximate surface area is 195 Å². The van der Waals surface area contributed by atoms with Crippen LogP contribution < -0.4 is 19.8 Å². The maximum absolute atomic E-state index is 12.6. The van der Waals surface area contributed by atoms with Crippen LogP contribution in [0.4, 0.5) is 0 Å². The van der Waals surface area contributed by atoms with Crippen molar-refractivity contribution in [2.75, 3.05) is 13.2 Å². The Kier molecular flexibility index (Phi) is 10.5. The smallest absolute Gasteiger partial charge is 0.383 e. The first-order valence-corrected chi connectivity index (χ1v) is 11.3. The maximum atomic E-state index is 12.6. The molecule has 0 fully saturated rings. The van der Waals surface area contributed by atoms with E-state index in [0.29, 0.717) is 17.7 Å². The van der Waals surface area contributed by atoms with Gasteiger partial charge in [-0.05, 0) is 64.7 Å². The van der Waals surface area contributed by atoms with Gasteiger partial charge in [-0.25, -0.2) is 4.79 Å². The molecule has 0 saturated carbocycles. The van der Waals surface area contributed by atoms with Crippen LogP contribution in [0.15, 0.2) is 62.9 Å². The average Bonchev–Trinajstić information content (AvgIpc) is 2.75. The number of rotatable bonds is 12. The predicted octanol–water partition coefficient (Wildman–Crippen LogP) is 6.52. The van der Waals surface area contributed by atoms with Crippen LogP contribution in [0.2, 0.25) is 0 Å². The van der Waals surface area contributed by atoms with E-state index in [1.54, 1.807) is 18.2 Å². The Bertz CT molecular complexity index is 1080. The highest BCUT2D eigenvalue weighted by Crippen LogP contribution is 2.37. The normalized spacial score (nSPS) is 11.6. The topological polar surface area (TPSA) is 75.0 Å². The fourth-order valence-corrected chi connectivity index (χ4v) is 3.12. The molecule has 6 heteroatoms. The minimum Gasteiger partial charge on any atom is -0.489 e. The van der Waals surface area contributed by atoms with Crippen LogP contribution in [0.25, 0.3) is 11.0 Å². The van der Waals surface area contributed by atoms with E-state index in [1.807, 2.05) is 19.1 Å². The quantitative estimate of drug-likeness (QED) is 0.157. The van der Waals surface area contributed by atoms with Crippen molar-refractivity contribution in [3.05, 3.63) is 64.1 Å². The number of allylic oxidation sites excluding steroid dienone is 4. The van der Waals surface area contributed by atoms with Gasteiger partial charge in [-0.1, -0.05) is 42.4 Å². The number of para-hydroxylation sites is 1. The average molecular weight is 455 g/mol. The fourth-order valence-electron chi connectivity index (χ4n) is 3.12. The van der Waals surface area contributed by atoms with Crippen molar-refractivity contribution in [2.24, 2.45) is 0 Å². The lowest BCUT2D eigenvalue weighted by Crippen LogP contribution is -2.14. The molecule has 1 heterocycles. The summed E-state index contributed by atoms with van der Waals surface area (Å²) < 4.78 is 22.4. The monoisotopic (exact) mass is 454 g/mol. The highest BCUT2D eigenvalue weighted by atomic mass is 16.6. The second kappa shape index (κ2) is 13.3. The van der Waals surface area contributed by atoms with Gasteiger partial charge >= 0.3 is 11.6 Å². The molecule has 0 amide bonds. The van der Waals surface area contributed by atoms with Crippen molar-refractivity contribution in [3.8, 4) is 17.2 Å². The second-order valence-corrected chi connectivity index (χ2v) is 7.97. The molecule has 0 N–H and O–H groups in total. The van der Waals surface area contributed by atoms with Gasteiger partial charge in [0.25, 0.3) is 5.75 Å². The Morgan fingerprint density at radius 1 is 1.00 bits per heavy atom. The van der Waals surface area contributed by atoms with Crippen LogP contribution in [0.3, 0.4) is 0 Å². The van der Waals surface area contributed by atoms with Gasteiger partial charge in [0, 0.05) is 6.92 Å². The van der Waals surface area contributed by atoms with Crippen molar-refractivity contribution in [3.63, 3.8) is 0 Å². The van der Waals surface area contributed by atoms with Gasteiger partial charge in [0.2, 0.25) is 0 Å². The number of ether oxygens (including phenoxy) is 3. The lowest BCUT2D eigenvalue weighted by atomic mass is 10.1. The third-order valence-corrected chi connectivity index (χ3v) is 4.75. The highest BCUT2D eigenvalue weighted by molar-refractivity contribution is 5.90. The van der Waals surface area contributed by atoms with E-state index in [0.717, 1.165) is 31.3 Å². The summed E-state index contributed by atoms with van der Waals surface area (Å²) >= 11 is 0. The number of carbonyl (C=O) groups is 1. The zero-order valence-corrected chi connectivity index (χ0v) is 20.2. The summed E-state index contributed by atoms with van der Waals surface area (Å²) in [5.74, 6) is -0.285. The minimum atomic E-state index is -0.793. The summed E-state index contributed by atoms with van der Waals surface area (Å²) in [5.41, 5.74) is 1.92. The van der Waals surface area contributed by atoms with E-state index < -0.39 is 11.6 Å². The summed E-state index contributed by atoms with van der Waals surface area (Å²) in [5, 5.41) is 0.503. The van der Waals surface area contributed by atoms with E-state index in [4.69, 9.17) is 18.6 Å². The van der Waals surface area contributed by atoms with Gasteiger partial charge in [0.15, 0.2) is 17.1 Å². The first-order chi connectivity index (χ1) is 15.8. The Balaban J connectivity index is 2.33. The van der Waals surface area contributed by atoms with Crippen LogP contribution in [-0.4, -0.2) is 19.2 Å². The zero-order valence-electron chi connectivity index (χ0n) is 20.2. The molecule has 0 atom stereocenters. The standard InChI is InChI=1S/C27H34O6/c1-6-7-8-9-17-30-23-15-11-14-22-24(23)33-27(29)26(32-21(5)28)25(22)31-18-16-20(4)13-10-12-19(2)3/h7-8,11-12,14-16H,6,9-10,13,17-18H2,1-5H3/b8-7+,20-16+. The fraction of sp³-hybridized carbons (Fsp3) is 0.407. The molecule has 33 heavy (non-hydrogen) atoms. The summed E-state index contributed by atoms with van der Waals surface area (Å²) in [7, 11) is 0. The van der Waals surface area contributed by atoms with Crippen molar-refractivity contribution in [1.29, 1.82) is 0 Å². The second-order valence-electron chi connectivity index (χ2n) is 7.97. The Morgan fingerprint density at radius 2 is 1.79 bits per heavy atom. The lowest BCUT2D eigenvalue weighted by Gasteiger charge is -2.13. The van der Waals surface area contributed by atoms with Crippen LogP contribution >= 0.6 is 0 Å². The maximum Gasteiger partial charge on any atom is 0.383 e. The summed E-state index contributed by atoms with van der Waals surface area (Å²) in [6.45, 7) is 10.1.